The summed E-state index contributed by atoms with van der Waals surface area (Å²) in [5.41, 5.74) is -1.12. The lowest BCUT2D eigenvalue weighted by Gasteiger charge is -2.15. The summed E-state index contributed by atoms with van der Waals surface area (Å²) in [6, 6.07) is 7.98. The van der Waals surface area contributed by atoms with Gasteiger partial charge in [0, 0.05) is 18.1 Å². The van der Waals surface area contributed by atoms with Crippen molar-refractivity contribution < 1.29 is 23.0 Å². The van der Waals surface area contributed by atoms with E-state index in [2.05, 4.69) is 4.74 Å². The Labute approximate surface area is 176 Å². The third-order valence-electron chi connectivity index (χ3n) is 4.08. The number of hydrogen-bond acceptors (Lipinski definition) is 6. The lowest BCUT2D eigenvalue weighted by Crippen LogP contribution is -2.35. The van der Waals surface area contributed by atoms with Crippen LogP contribution in [-0.4, -0.2) is 30.7 Å². The summed E-state index contributed by atoms with van der Waals surface area (Å²) in [5, 5.41) is 9.63. The van der Waals surface area contributed by atoms with E-state index >= 15 is 0 Å². The van der Waals surface area contributed by atoms with Crippen molar-refractivity contribution in [2.24, 2.45) is 5.41 Å². The van der Waals surface area contributed by atoms with Crippen LogP contribution in [0.15, 0.2) is 29.1 Å². The number of Topliss-reactive ketones (excluding diaryl/α,β-unsaturated/α-hetero) is 1. The van der Waals surface area contributed by atoms with E-state index < -0.39 is 23.4 Å². The van der Waals surface area contributed by atoms with Crippen molar-refractivity contribution in [3.8, 4) is 11.8 Å². The van der Waals surface area contributed by atoms with Crippen molar-refractivity contribution in [1.82, 2.24) is 4.57 Å². The summed E-state index contributed by atoms with van der Waals surface area (Å²) in [4.78, 5) is 25.8. The molecule has 0 saturated carbocycles. The van der Waals surface area contributed by atoms with Crippen LogP contribution in [0.5, 0.6) is 5.75 Å². The second-order valence-electron chi connectivity index (χ2n) is 7.35. The average Bonchev–Trinajstić information content (AvgIpc) is 2.96. The minimum absolute atomic E-state index is 0.0828. The second kappa shape index (κ2) is 9.78. The molecule has 0 saturated heterocycles. The monoisotopic (exact) mass is 436 g/mol. The molecule has 0 aliphatic heterocycles. The van der Waals surface area contributed by atoms with Gasteiger partial charge in [-0.05, 0) is 12.1 Å². The van der Waals surface area contributed by atoms with Crippen LogP contribution in [0.2, 0.25) is 0 Å². The molecule has 0 aliphatic rings. The fourth-order valence-electron chi connectivity index (χ4n) is 2.61. The molecule has 0 amide bonds. The van der Waals surface area contributed by atoms with Crippen LogP contribution in [0, 0.1) is 16.7 Å². The van der Waals surface area contributed by atoms with Crippen LogP contribution >= 0.6 is 11.3 Å². The number of alkyl halides is 2. The number of ether oxygens (including phenoxy) is 2. The number of methoxy groups -OCH3 is 1. The van der Waals surface area contributed by atoms with Crippen molar-refractivity contribution in [3.05, 3.63) is 49.4 Å². The van der Waals surface area contributed by atoms with E-state index in [0.717, 1.165) is 11.3 Å². The second-order valence-corrected chi connectivity index (χ2v) is 8.38. The Balaban J connectivity index is 2.82. The van der Waals surface area contributed by atoms with E-state index in [-0.39, 0.29) is 39.2 Å². The third-order valence-corrected chi connectivity index (χ3v) is 5.21. The Morgan fingerprint density at radius 1 is 1.33 bits per heavy atom. The maximum Gasteiger partial charge on any atom is 0.387 e. The van der Waals surface area contributed by atoms with E-state index in [0.29, 0.717) is 0 Å². The average molecular weight is 436 g/mol. The number of hydrogen-bond donors (Lipinski definition) is 0. The number of carbonyl (C=O) groups is 1. The van der Waals surface area contributed by atoms with Crippen LogP contribution in [0.4, 0.5) is 8.78 Å². The zero-order valence-corrected chi connectivity index (χ0v) is 17.9. The number of nitrogens with zero attached hydrogens (tertiary/aromatic N) is 2. The Morgan fingerprint density at radius 3 is 2.57 bits per heavy atom. The van der Waals surface area contributed by atoms with Crippen molar-refractivity contribution in [3.63, 3.8) is 0 Å². The van der Waals surface area contributed by atoms with Gasteiger partial charge < -0.3 is 9.47 Å². The highest BCUT2D eigenvalue weighted by atomic mass is 32.1. The van der Waals surface area contributed by atoms with Gasteiger partial charge in [0.1, 0.15) is 22.1 Å². The summed E-state index contributed by atoms with van der Waals surface area (Å²) in [5.74, 6) is -0.481. The number of nitriles is 1. The smallest absolute Gasteiger partial charge is 0.387 e. The minimum Gasteiger partial charge on any atom is -0.434 e. The zero-order chi connectivity index (χ0) is 22.5. The molecule has 0 spiro atoms. The summed E-state index contributed by atoms with van der Waals surface area (Å²) in [6.07, 6.45) is 1.41. The van der Waals surface area contributed by atoms with Crippen molar-refractivity contribution in [2.75, 3.05) is 13.7 Å². The first-order valence-electron chi connectivity index (χ1n) is 9.03. The first-order valence-corrected chi connectivity index (χ1v) is 9.85. The van der Waals surface area contributed by atoms with Gasteiger partial charge in [-0.3, -0.25) is 14.2 Å². The molecule has 0 unspecified atom stereocenters. The van der Waals surface area contributed by atoms with Crippen molar-refractivity contribution >= 4 is 28.8 Å². The van der Waals surface area contributed by atoms with E-state index in [9.17, 15) is 23.6 Å². The third kappa shape index (κ3) is 5.40. The SMILES string of the molecule is COCCn1c(=O)/c(=C/c2ccccc2OC(F)F)s/c1=C(/C#N)C(=O)C(C)(C)C. The molecular weight excluding hydrogens is 414 g/mol. The van der Waals surface area contributed by atoms with E-state index in [4.69, 9.17) is 4.74 Å². The number of aromatic nitrogens is 1. The van der Waals surface area contributed by atoms with Gasteiger partial charge in [-0.2, -0.15) is 14.0 Å². The van der Waals surface area contributed by atoms with Crippen molar-refractivity contribution in [1.29, 1.82) is 5.26 Å². The molecule has 6 nitrogen and oxygen atoms in total. The lowest BCUT2D eigenvalue weighted by molar-refractivity contribution is -0.120. The molecule has 1 aromatic carbocycles. The zero-order valence-electron chi connectivity index (χ0n) is 17.1. The van der Waals surface area contributed by atoms with E-state index in [1.165, 1.54) is 36.0 Å². The van der Waals surface area contributed by atoms with E-state index in [1.54, 1.807) is 26.8 Å². The Morgan fingerprint density at radius 2 is 2.00 bits per heavy atom. The Kier molecular flexibility index (Phi) is 7.65. The number of thiazole rings is 1. The van der Waals surface area contributed by atoms with Gasteiger partial charge in [0.25, 0.3) is 5.56 Å². The molecule has 1 heterocycles. The predicted octanol–water partition coefficient (Wildman–Crippen LogP) is 2.28. The molecule has 9 heteroatoms. The maximum atomic E-state index is 13.0. The number of halogens is 2. The van der Waals surface area contributed by atoms with Crippen LogP contribution in [0.3, 0.4) is 0 Å². The first-order chi connectivity index (χ1) is 14.1. The highest BCUT2D eigenvalue weighted by Gasteiger charge is 2.27. The van der Waals surface area contributed by atoms with Gasteiger partial charge in [0.15, 0.2) is 5.78 Å². The van der Waals surface area contributed by atoms with Crippen LogP contribution < -0.4 is 19.5 Å². The number of rotatable bonds is 7. The van der Waals surface area contributed by atoms with Gasteiger partial charge in [-0.15, -0.1) is 11.3 Å². The fourth-order valence-corrected chi connectivity index (χ4v) is 3.72. The quantitative estimate of drug-likeness (QED) is 0.665. The largest absolute Gasteiger partial charge is 0.434 e. The summed E-state index contributed by atoms with van der Waals surface area (Å²) in [7, 11) is 1.47. The predicted molar refractivity (Wildman–Crippen MR) is 110 cm³/mol. The number of ketones is 1. The molecule has 0 bridgehead atoms. The molecule has 0 fully saturated rings. The molecular formula is C21H22F2N2O4S. The summed E-state index contributed by atoms with van der Waals surface area (Å²) in [6.45, 7) is 2.36. The van der Waals surface area contributed by atoms with Gasteiger partial charge in [0.05, 0.1) is 17.7 Å². The number of benzene rings is 1. The molecule has 0 atom stereocenters. The first kappa shape index (κ1) is 23.4. The number of carbonyl (C=O) groups excluding carboxylic acids is 1. The van der Waals surface area contributed by atoms with Crippen LogP contribution in [0.1, 0.15) is 26.3 Å². The maximum absolute atomic E-state index is 13.0. The highest BCUT2D eigenvalue weighted by Crippen LogP contribution is 2.21. The summed E-state index contributed by atoms with van der Waals surface area (Å²) >= 11 is 0.952. The summed E-state index contributed by atoms with van der Waals surface area (Å²) < 4.78 is 36.6. The molecule has 2 aromatic rings. The molecule has 0 radical (unpaired) electrons. The minimum atomic E-state index is -3.01. The number of para-hydroxylation sites is 1. The Bertz CT molecular complexity index is 1140. The topological polar surface area (TPSA) is 81.3 Å². The fraction of sp³-hybridized carbons (Fsp3) is 0.381. The highest BCUT2D eigenvalue weighted by molar-refractivity contribution is 7.07. The van der Waals surface area contributed by atoms with E-state index in [1.807, 2.05) is 6.07 Å². The molecule has 1 aromatic heterocycles. The lowest BCUT2D eigenvalue weighted by atomic mass is 9.87. The van der Waals surface area contributed by atoms with Gasteiger partial charge in [-0.25, -0.2) is 0 Å². The Hall–Kier alpha value is -2.83. The van der Waals surface area contributed by atoms with Gasteiger partial charge in [0.2, 0.25) is 0 Å². The van der Waals surface area contributed by atoms with Crippen molar-refractivity contribution in [2.45, 2.75) is 33.9 Å². The molecule has 0 N–H and O–H groups in total. The molecule has 2 rings (SSSR count). The van der Waals surface area contributed by atoms with Crippen LogP contribution in [0.25, 0.3) is 11.6 Å². The molecule has 0 aliphatic carbocycles. The van der Waals surface area contributed by atoms with Gasteiger partial charge in [-0.1, -0.05) is 39.0 Å². The normalized spacial score (nSPS) is 13.3. The molecule has 160 valence electrons. The standard InChI is InChI=1S/C21H22F2N2O4S/c1-21(2,3)17(26)14(12-24)19-25(9-10-28-4)18(27)16(30-19)11-13-7-5-6-8-15(13)29-20(22)23/h5-8,11,20H,9-10H2,1-4H3/b16-11-,19-14-. The van der Waals surface area contributed by atoms with Crippen LogP contribution in [-0.2, 0) is 16.1 Å². The van der Waals surface area contributed by atoms with Gasteiger partial charge >= 0.3 is 6.61 Å². The molecule has 30 heavy (non-hydrogen) atoms.